The number of carbonyl (C=O) groups is 1. The molecule has 25 heavy (non-hydrogen) atoms. The van der Waals surface area contributed by atoms with E-state index < -0.39 is 0 Å². The molecule has 1 aliphatic rings. The maximum absolute atomic E-state index is 12.2. The first kappa shape index (κ1) is 15.9. The third-order valence-electron chi connectivity index (χ3n) is 4.89. The van der Waals surface area contributed by atoms with Gasteiger partial charge in [-0.15, -0.1) is 10.2 Å². The average Bonchev–Trinajstić information content (AvgIpc) is 3.14. The van der Waals surface area contributed by atoms with E-state index >= 15 is 0 Å². The topological polar surface area (TPSA) is 64.7 Å². The molecule has 130 valence electrons. The summed E-state index contributed by atoms with van der Waals surface area (Å²) < 4.78 is 4.30. The molecule has 0 atom stereocenters. The zero-order valence-corrected chi connectivity index (χ0v) is 14.3. The summed E-state index contributed by atoms with van der Waals surface area (Å²) in [5.74, 6) is 1.97. The molecule has 1 aromatic carbocycles. The smallest absolute Gasteiger partial charge is 0.222 e. The van der Waals surface area contributed by atoms with Gasteiger partial charge < -0.3 is 14.5 Å². The summed E-state index contributed by atoms with van der Waals surface area (Å²) in [6, 6.07) is 10.3. The molecule has 0 spiro atoms. The summed E-state index contributed by atoms with van der Waals surface area (Å²) in [6.07, 6.45) is 7.06. The molecule has 0 saturated heterocycles. The highest BCUT2D eigenvalue weighted by Crippen LogP contribution is 2.16. The van der Waals surface area contributed by atoms with E-state index in [0.29, 0.717) is 19.5 Å². The maximum Gasteiger partial charge on any atom is 0.222 e. The van der Waals surface area contributed by atoms with Gasteiger partial charge in [-0.1, -0.05) is 24.6 Å². The van der Waals surface area contributed by atoms with Crippen molar-refractivity contribution in [1.82, 2.24) is 24.6 Å². The number of nitrogens with zero attached hydrogens (tertiary/aromatic N) is 4. The number of hydrogen-bond acceptors (Lipinski definition) is 3. The van der Waals surface area contributed by atoms with Crippen LogP contribution in [0, 0.1) is 0 Å². The molecule has 6 heteroatoms. The molecular formula is C19H23N5O. The van der Waals surface area contributed by atoms with Crippen molar-refractivity contribution in [3.8, 4) is 0 Å². The highest BCUT2D eigenvalue weighted by atomic mass is 16.1. The first-order valence-electron chi connectivity index (χ1n) is 9.03. The lowest BCUT2D eigenvalue weighted by Crippen LogP contribution is -2.25. The maximum atomic E-state index is 12.2. The van der Waals surface area contributed by atoms with Crippen molar-refractivity contribution < 1.29 is 4.79 Å². The minimum atomic E-state index is 0.0451. The second-order valence-corrected chi connectivity index (χ2v) is 6.59. The Labute approximate surface area is 146 Å². The Morgan fingerprint density at radius 3 is 3.00 bits per heavy atom. The Morgan fingerprint density at radius 2 is 2.04 bits per heavy atom. The van der Waals surface area contributed by atoms with Gasteiger partial charge in [-0.25, -0.2) is 0 Å². The molecule has 1 N–H and O–H groups in total. The quantitative estimate of drug-likeness (QED) is 0.778. The van der Waals surface area contributed by atoms with Crippen molar-refractivity contribution in [2.24, 2.45) is 0 Å². The number of rotatable bonds is 5. The molecule has 2 aromatic heterocycles. The molecule has 0 saturated carbocycles. The van der Waals surface area contributed by atoms with Crippen molar-refractivity contribution in [1.29, 1.82) is 0 Å². The molecule has 4 rings (SSSR count). The lowest BCUT2D eigenvalue weighted by Gasteiger charge is -2.09. The predicted octanol–water partition coefficient (Wildman–Crippen LogP) is 2.67. The van der Waals surface area contributed by atoms with E-state index in [1.54, 1.807) is 0 Å². The van der Waals surface area contributed by atoms with Gasteiger partial charge >= 0.3 is 0 Å². The highest BCUT2D eigenvalue weighted by molar-refractivity contribution is 5.80. The first-order chi connectivity index (χ1) is 12.3. The molecular weight excluding hydrogens is 314 g/mol. The SMILES string of the molecule is O=C(CCn1ccc2ccccc21)NCc1nnc2n1CCCCC2. The monoisotopic (exact) mass is 337 g/mol. The van der Waals surface area contributed by atoms with E-state index in [4.69, 9.17) is 0 Å². The molecule has 3 heterocycles. The van der Waals surface area contributed by atoms with Crippen LogP contribution < -0.4 is 5.32 Å². The van der Waals surface area contributed by atoms with E-state index in [1.165, 1.54) is 18.2 Å². The molecule has 0 radical (unpaired) electrons. The van der Waals surface area contributed by atoms with Crippen molar-refractivity contribution in [3.05, 3.63) is 48.2 Å². The minimum absolute atomic E-state index is 0.0451. The van der Waals surface area contributed by atoms with Crippen LogP contribution in [0.25, 0.3) is 10.9 Å². The molecule has 0 bridgehead atoms. The minimum Gasteiger partial charge on any atom is -0.349 e. The Hall–Kier alpha value is -2.63. The number of fused-ring (bicyclic) bond motifs is 2. The Balaban J connectivity index is 1.33. The van der Waals surface area contributed by atoms with E-state index in [1.807, 2.05) is 18.3 Å². The molecule has 0 fully saturated rings. The molecule has 6 nitrogen and oxygen atoms in total. The summed E-state index contributed by atoms with van der Waals surface area (Å²) in [7, 11) is 0. The summed E-state index contributed by atoms with van der Waals surface area (Å²) in [5, 5.41) is 12.7. The van der Waals surface area contributed by atoms with Gasteiger partial charge in [0.25, 0.3) is 0 Å². The zero-order chi connectivity index (χ0) is 17.1. The zero-order valence-electron chi connectivity index (χ0n) is 14.3. The fourth-order valence-corrected chi connectivity index (χ4v) is 3.50. The number of aryl methyl sites for hydroxylation is 2. The van der Waals surface area contributed by atoms with Gasteiger partial charge in [0.05, 0.1) is 6.54 Å². The largest absolute Gasteiger partial charge is 0.349 e. The Kier molecular flexibility index (Phi) is 4.50. The van der Waals surface area contributed by atoms with Gasteiger partial charge in [0.1, 0.15) is 5.82 Å². The summed E-state index contributed by atoms with van der Waals surface area (Å²) >= 11 is 0. The van der Waals surface area contributed by atoms with Gasteiger partial charge in [-0.3, -0.25) is 4.79 Å². The standard InChI is InChI=1S/C19H23N5O/c25-19(10-13-23-12-9-15-6-3-4-7-16(15)23)20-14-18-22-21-17-8-2-1-5-11-24(17)18/h3-4,6-7,9,12H,1-2,5,8,10-11,13-14H2,(H,20,25). The van der Waals surface area contributed by atoms with Gasteiger partial charge in [0.15, 0.2) is 5.82 Å². The third kappa shape index (κ3) is 3.43. The number of hydrogen-bond donors (Lipinski definition) is 1. The second-order valence-electron chi connectivity index (χ2n) is 6.59. The Morgan fingerprint density at radius 1 is 1.12 bits per heavy atom. The first-order valence-corrected chi connectivity index (χ1v) is 9.03. The summed E-state index contributed by atoms with van der Waals surface area (Å²) in [6.45, 7) is 2.10. The van der Waals surface area contributed by atoms with Crippen molar-refractivity contribution in [2.45, 2.75) is 51.7 Å². The van der Waals surface area contributed by atoms with E-state index in [-0.39, 0.29) is 5.91 Å². The van der Waals surface area contributed by atoms with Gasteiger partial charge in [0, 0.05) is 37.6 Å². The van der Waals surface area contributed by atoms with Crippen LogP contribution in [0.4, 0.5) is 0 Å². The van der Waals surface area contributed by atoms with Crippen molar-refractivity contribution in [2.75, 3.05) is 0 Å². The number of amides is 1. The van der Waals surface area contributed by atoms with E-state index in [2.05, 4.69) is 42.8 Å². The molecule has 0 aliphatic carbocycles. The number of carbonyl (C=O) groups excluding carboxylic acids is 1. The molecule has 1 amide bonds. The van der Waals surface area contributed by atoms with Crippen molar-refractivity contribution >= 4 is 16.8 Å². The van der Waals surface area contributed by atoms with Crippen LogP contribution >= 0.6 is 0 Å². The van der Waals surface area contributed by atoms with E-state index in [9.17, 15) is 4.79 Å². The van der Waals surface area contributed by atoms with Crippen LogP contribution in [-0.2, 0) is 30.8 Å². The van der Waals surface area contributed by atoms with Crippen LogP contribution in [0.5, 0.6) is 0 Å². The van der Waals surface area contributed by atoms with Crippen LogP contribution in [0.1, 0.15) is 37.3 Å². The van der Waals surface area contributed by atoms with Crippen LogP contribution in [0.15, 0.2) is 36.5 Å². The number of aromatic nitrogens is 4. The lowest BCUT2D eigenvalue weighted by molar-refractivity contribution is -0.121. The van der Waals surface area contributed by atoms with Crippen molar-refractivity contribution in [3.63, 3.8) is 0 Å². The van der Waals surface area contributed by atoms with Crippen LogP contribution in [0.3, 0.4) is 0 Å². The van der Waals surface area contributed by atoms with Crippen LogP contribution in [-0.4, -0.2) is 25.2 Å². The van der Waals surface area contributed by atoms with E-state index in [0.717, 1.165) is 36.6 Å². The van der Waals surface area contributed by atoms with Gasteiger partial charge in [-0.05, 0) is 30.4 Å². The van der Waals surface area contributed by atoms with Crippen LogP contribution in [0.2, 0.25) is 0 Å². The number of para-hydroxylation sites is 1. The fraction of sp³-hybridized carbons (Fsp3) is 0.421. The summed E-state index contributed by atoms with van der Waals surface area (Å²) in [4.78, 5) is 12.2. The number of nitrogens with one attached hydrogen (secondary N) is 1. The number of benzene rings is 1. The summed E-state index contributed by atoms with van der Waals surface area (Å²) in [5.41, 5.74) is 1.16. The highest BCUT2D eigenvalue weighted by Gasteiger charge is 2.15. The lowest BCUT2D eigenvalue weighted by atomic mass is 10.2. The predicted molar refractivity (Wildman–Crippen MR) is 96.0 cm³/mol. The molecule has 1 aliphatic heterocycles. The Bertz CT molecular complexity index is 879. The normalized spacial score (nSPS) is 14.2. The van der Waals surface area contributed by atoms with Gasteiger partial charge in [0.2, 0.25) is 5.91 Å². The third-order valence-corrected chi connectivity index (χ3v) is 4.89. The molecule has 0 unspecified atom stereocenters. The van der Waals surface area contributed by atoms with Gasteiger partial charge in [-0.2, -0.15) is 0 Å². The average molecular weight is 337 g/mol. The molecule has 3 aromatic rings. The second kappa shape index (κ2) is 7.09. The fourth-order valence-electron chi connectivity index (χ4n) is 3.50.